The van der Waals surface area contributed by atoms with Crippen molar-refractivity contribution in [3.8, 4) is 11.1 Å². The topological polar surface area (TPSA) is 59.4 Å². The van der Waals surface area contributed by atoms with Gasteiger partial charge in [0.15, 0.2) is 5.65 Å². The highest BCUT2D eigenvalue weighted by Crippen LogP contribution is 2.30. The summed E-state index contributed by atoms with van der Waals surface area (Å²) in [6.07, 6.45) is 1.90. The molecule has 2 aromatic heterocycles. The van der Waals surface area contributed by atoms with E-state index in [2.05, 4.69) is 46.5 Å². The Morgan fingerprint density at radius 2 is 1.79 bits per heavy atom. The van der Waals surface area contributed by atoms with Gasteiger partial charge in [0, 0.05) is 27.6 Å². The average Bonchev–Trinajstić information content (AvgIpc) is 3.12. The second-order valence-corrected chi connectivity index (χ2v) is 7.88. The number of nitrogens with zero attached hydrogens (tertiary/aromatic N) is 2. The first-order valence-electron chi connectivity index (χ1n) is 9.15. The Bertz CT molecular complexity index is 1130. The number of H-pyrrole nitrogens is 1. The van der Waals surface area contributed by atoms with Gasteiger partial charge in [0.25, 0.3) is 5.56 Å². The van der Waals surface area contributed by atoms with E-state index in [0.717, 1.165) is 16.0 Å². The van der Waals surface area contributed by atoms with E-state index in [1.807, 2.05) is 38.2 Å². The quantitative estimate of drug-likeness (QED) is 0.514. The van der Waals surface area contributed by atoms with Crippen molar-refractivity contribution < 1.29 is 4.74 Å². The van der Waals surface area contributed by atoms with Crippen molar-refractivity contribution in [2.75, 3.05) is 0 Å². The molecule has 0 saturated heterocycles. The van der Waals surface area contributed by atoms with E-state index in [1.165, 1.54) is 15.5 Å². The molecule has 1 N–H and O–H groups in total. The smallest absolute Gasteiger partial charge is 0.272 e. The maximum atomic E-state index is 12.4. The largest absolute Gasteiger partial charge is 0.373 e. The lowest BCUT2D eigenvalue weighted by Gasteiger charge is -2.07. The molecule has 5 nitrogen and oxygen atoms in total. The minimum atomic E-state index is -0.144. The molecule has 2 heterocycles. The van der Waals surface area contributed by atoms with Crippen LogP contribution < -0.4 is 5.56 Å². The molecular formula is C22H21N3O2S. The third-order valence-corrected chi connectivity index (χ3v) is 5.28. The lowest BCUT2D eigenvalue weighted by Crippen LogP contribution is -2.16. The second kappa shape index (κ2) is 8.04. The van der Waals surface area contributed by atoms with Crippen molar-refractivity contribution in [3.63, 3.8) is 0 Å². The zero-order valence-corrected chi connectivity index (χ0v) is 16.6. The van der Waals surface area contributed by atoms with E-state index >= 15 is 0 Å². The molecule has 0 unspecified atom stereocenters. The molecule has 0 saturated carbocycles. The van der Waals surface area contributed by atoms with Gasteiger partial charge in [-0.3, -0.25) is 9.89 Å². The Kier molecular flexibility index (Phi) is 5.32. The highest BCUT2D eigenvalue weighted by molar-refractivity contribution is 7.99. The molecule has 0 atom stereocenters. The first-order chi connectivity index (χ1) is 13.6. The molecular weight excluding hydrogens is 370 g/mol. The normalized spacial score (nSPS) is 11.4. The van der Waals surface area contributed by atoms with E-state index in [9.17, 15) is 4.79 Å². The molecule has 142 valence electrons. The van der Waals surface area contributed by atoms with Crippen LogP contribution in [0.4, 0.5) is 0 Å². The number of ether oxygens (including phenoxy) is 1. The highest BCUT2D eigenvalue weighted by Gasteiger charge is 2.11. The van der Waals surface area contributed by atoms with Crippen LogP contribution in [0.3, 0.4) is 0 Å². The van der Waals surface area contributed by atoms with Crippen LogP contribution >= 0.6 is 11.8 Å². The molecule has 0 aliphatic heterocycles. The Morgan fingerprint density at radius 1 is 1.07 bits per heavy atom. The Balaban J connectivity index is 1.64. The minimum absolute atomic E-state index is 0.0839. The van der Waals surface area contributed by atoms with Gasteiger partial charge in [-0.05, 0) is 43.7 Å². The summed E-state index contributed by atoms with van der Waals surface area (Å²) in [5, 5.41) is 3.00. The first kappa shape index (κ1) is 18.5. The van der Waals surface area contributed by atoms with Gasteiger partial charge in [0.2, 0.25) is 0 Å². The van der Waals surface area contributed by atoms with Crippen molar-refractivity contribution in [1.82, 2.24) is 14.6 Å². The zero-order chi connectivity index (χ0) is 19.5. The summed E-state index contributed by atoms with van der Waals surface area (Å²) in [5.41, 5.74) is 2.99. The van der Waals surface area contributed by atoms with Crippen molar-refractivity contribution >= 4 is 17.4 Å². The number of fused-ring (bicyclic) bond motifs is 1. The van der Waals surface area contributed by atoms with E-state index in [1.54, 1.807) is 11.8 Å². The Morgan fingerprint density at radius 3 is 2.50 bits per heavy atom. The van der Waals surface area contributed by atoms with Gasteiger partial charge in [-0.15, -0.1) is 0 Å². The molecule has 4 rings (SSSR count). The molecule has 28 heavy (non-hydrogen) atoms. The maximum Gasteiger partial charge on any atom is 0.272 e. The summed E-state index contributed by atoms with van der Waals surface area (Å²) < 4.78 is 7.06. The van der Waals surface area contributed by atoms with Crippen LogP contribution in [0.25, 0.3) is 16.8 Å². The molecule has 6 heteroatoms. The standard InChI is InChI=1S/C22H21N3O2S/c1-15(2)27-14-17-12-21(26)25-22(24-17)20(13-23-25)16-8-10-19(11-9-16)28-18-6-4-3-5-7-18/h3-13,15,23H,14H2,1-2H3. The van der Waals surface area contributed by atoms with Crippen LogP contribution in [0.2, 0.25) is 0 Å². The van der Waals surface area contributed by atoms with Crippen LogP contribution in [0.5, 0.6) is 0 Å². The van der Waals surface area contributed by atoms with Crippen molar-refractivity contribution in [1.29, 1.82) is 0 Å². The molecule has 0 fully saturated rings. The van der Waals surface area contributed by atoms with Crippen molar-refractivity contribution in [3.05, 3.63) is 82.9 Å². The van der Waals surface area contributed by atoms with Gasteiger partial charge in [-0.2, -0.15) is 0 Å². The van der Waals surface area contributed by atoms with Gasteiger partial charge in [-0.1, -0.05) is 42.1 Å². The molecule has 0 amide bonds. The van der Waals surface area contributed by atoms with E-state index in [4.69, 9.17) is 4.74 Å². The van der Waals surface area contributed by atoms with E-state index in [-0.39, 0.29) is 11.7 Å². The predicted octanol–water partition coefficient (Wildman–Crippen LogP) is 4.77. The number of rotatable bonds is 6. The number of aromatic amines is 1. The fourth-order valence-corrected chi connectivity index (χ4v) is 3.73. The summed E-state index contributed by atoms with van der Waals surface area (Å²) in [4.78, 5) is 19.4. The molecule has 0 aliphatic carbocycles. The third kappa shape index (κ3) is 4.03. The lowest BCUT2D eigenvalue weighted by atomic mass is 10.1. The van der Waals surface area contributed by atoms with E-state index < -0.39 is 0 Å². The average molecular weight is 391 g/mol. The van der Waals surface area contributed by atoms with Crippen LogP contribution in [0.15, 0.2) is 81.4 Å². The molecule has 0 aliphatic rings. The molecule has 0 radical (unpaired) electrons. The zero-order valence-electron chi connectivity index (χ0n) is 15.8. The highest BCUT2D eigenvalue weighted by atomic mass is 32.2. The van der Waals surface area contributed by atoms with E-state index in [0.29, 0.717) is 17.9 Å². The van der Waals surface area contributed by atoms with Gasteiger partial charge >= 0.3 is 0 Å². The summed E-state index contributed by atoms with van der Waals surface area (Å²) >= 11 is 1.72. The fraction of sp³-hybridized carbons (Fsp3) is 0.182. The second-order valence-electron chi connectivity index (χ2n) is 6.73. The third-order valence-electron chi connectivity index (χ3n) is 4.26. The summed E-state index contributed by atoms with van der Waals surface area (Å²) in [5.74, 6) is 0. The van der Waals surface area contributed by atoms with Crippen LogP contribution in [-0.2, 0) is 11.3 Å². The van der Waals surface area contributed by atoms with Gasteiger partial charge < -0.3 is 4.74 Å². The van der Waals surface area contributed by atoms with Crippen LogP contribution in [0, 0.1) is 0 Å². The lowest BCUT2D eigenvalue weighted by molar-refractivity contribution is 0.0636. The predicted molar refractivity (Wildman–Crippen MR) is 112 cm³/mol. The number of hydrogen-bond donors (Lipinski definition) is 1. The Labute approximate surface area is 167 Å². The Hall–Kier alpha value is -2.83. The molecule has 0 bridgehead atoms. The summed E-state index contributed by atoms with van der Waals surface area (Å²) in [7, 11) is 0. The number of hydrogen-bond acceptors (Lipinski definition) is 4. The van der Waals surface area contributed by atoms with Crippen molar-refractivity contribution in [2.45, 2.75) is 36.3 Å². The minimum Gasteiger partial charge on any atom is -0.373 e. The van der Waals surface area contributed by atoms with Gasteiger partial charge in [0.05, 0.1) is 18.4 Å². The van der Waals surface area contributed by atoms with Gasteiger partial charge in [0.1, 0.15) is 0 Å². The van der Waals surface area contributed by atoms with Crippen LogP contribution in [0.1, 0.15) is 19.5 Å². The first-order valence-corrected chi connectivity index (χ1v) is 9.97. The number of aromatic nitrogens is 3. The maximum absolute atomic E-state index is 12.4. The van der Waals surface area contributed by atoms with Gasteiger partial charge in [-0.25, -0.2) is 9.50 Å². The molecule has 2 aromatic carbocycles. The number of benzene rings is 2. The number of nitrogens with one attached hydrogen (secondary N) is 1. The molecule has 0 spiro atoms. The van der Waals surface area contributed by atoms with Crippen molar-refractivity contribution in [2.24, 2.45) is 0 Å². The monoisotopic (exact) mass is 391 g/mol. The molecule has 4 aromatic rings. The van der Waals surface area contributed by atoms with Crippen LogP contribution in [-0.4, -0.2) is 20.7 Å². The fourth-order valence-electron chi connectivity index (χ4n) is 2.89. The summed E-state index contributed by atoms with van der Waals surface area (Å²) in [6.45, 7) is 4.24. The SMILES string of the molecule is CC(C)OCc1cc(=O)n2[nH]cc(-c3ccc(Sc4ccccc4)cc3)c2n1. The summed E-state index contributed by atoms with van der Waals surface area (Å²) in [6, 6.07) is 20.1.